The molecule has 35 heavy (non-hydrogen) atoms. The van der Waals surface area contributed by atoms with Gasteiger partial charge in [-0.2, -0.15) is 0 Å². The van der Waals surface area contributed by atoms with Gasteiger partial charge in [0.2, 0.25) is 0 Å². The zero-order valence-electron chi connectivity index (χ0n) is 18.3. The summed E-state index contributed by atoms with van der Waals surface area (Å²) >= 11 is 14.0. The Bertz CT molecular complexity index is 1300. The van der Waals surface area contributed by atoms with E-state index in [1.54, 1.807) is 12.1 Å². The number of hydrogen-bond acceptors (Lipinski definition) is 2. The summed E-state index contributed by atoms with van der Waals surface area (Å²) in [5.74, 6) is -0.161. The van der Waals surface area contributed by atoms with Crippen molar-refractivity contribution in [1.29, 1.82) is 0 Å². The first-order chi connectivity index (χ1) is 16.9. The standard InChI is InChI=1S/C28H20Br4N2O/c29-22-9-1-18(2-10-22)17-33-26(19-3-11-23(30)12-4-19)27(20-5-13-24(31)14-6-20)34-28(35)21-7-15-25(32)16-8-21/h1-17,26-27H,(H,34,35)/t26-,27-/m1/s1. The second kappa shape index (κ2) is 12.3. The van der Waals surface area contributed by atoms with Gasteiger partial charge in [-0.15, -0.1) is 0 Å². The molecule has 0 radical (unpaired) electrons. The predicted molar refractivity (Wildman–Crippen MR) is 157 cm³/mol. The van der Waals surface area contributed by atoms with Crippen LogP contribution < -0.4 is 5.32 Å². The van der Waals surface area contributed by atoms with Crippen molar-refractivity contribution in [1.82, 2.24) is 5.32 Å². The maximum absolute atomic E-state index is 13.3. The fourth-order valence-corrected chi connectivity index (χ4v) is 4.64. The van der Waals surface area contributed by atoms with Gasteiger partial charge in [0.1, 0.15) is 0 Å². The fraction of sp³-hybridized carbons (Fsp3) is 0.0714. The van der Waals surface area contributed by atoms with Crippen LogP contribution >= 0.6 is 63.7 Å². The average molecular weight is 720 g/mol. The van der Waals surface area contributed by atoms with E-state index in [0.717, 1.165) is 34.6 Å². The number of halogens is 4. The summed E-state index contributed by atoms with van der Waals surface area (Å²) in [5, 5.41) is 3.24. The molecule has 0 aromatic heterocycles. The minimum absolute atomic E-state index is 0.161. The highest BCUT2D eigenvalue weighted by atomic mass is 79.9. The number of nitrogens with one attached hydrogen (secondary N) is 1. The number of amides is 1. The minimum atomic E-state index is -0.396. The van der Waals surface area contributed by atoms with Crippen LogP contribution in [0.3, 0.4) is 0 Å². The first-order valence-corrected chi connectivity index (χ1v) is 13.9. The Labute approximate surface area is 238 Å². The molecule has 176 valence electrons. The molecule has 0 aliphatic heterocycles. The van der Waals surface area contributed by atoms with Crippen LogP contribution in [0.5, 0.6) is 0 Å². The van der Waals surface area contributed by atoms with Crippen molar-refractivity contribution in [2.75, 3.05) is 0 Å². The summed E-state index contributed by atoms with van der Waals surface area (Å²) < 4.78 is 3.88. The van der Waals surface area contributed by atoms with Crippen molar-refractivity contribution in [2.24, 2.45) is 4.99 Å². The molecule has 4 aromatic rings. The van der Waals surface area contributed by atoms with Crippen LogP contribution in [0.1, 0.15) is 39.1 Å². The fourth-order valence-electron chi connectivity index (χ4n) is 3.58. The van der Waals surface area contributed by atoms with Crippen molar-refractivity contribution >= 4 is 75.8 Å². The second-order valence-electron chi connectivity index (χ2n) is 7.84. The monoisotopic (exact) mass is 716 g/mol. The number of carbonyl (C=O) groups is 1. The number of hydrogen-bond donors (Lipinski definition) is 1. The molecule has 1 N–H and O–H groups in total. The van der Waals surface area contributed by atoms with Crippen LogP contribution in [-0.4, -0.2) is 12.1 Å². The normalized spacial score (nSPS) is 12.9. The molecular weight excluding hydrogens is 700 g/mol. The molecule has 0 aliphatic rings. The number of benzene rings is 4. The molecule has 0 saturated carbocycles. The lowest BCUT2D eigenvalue weighted by atomic mass is 9.93. The van der Waals surface area contributed by atoms with Gasteiger partial charge in [0.25, 0.3) is 5.91 Å². The molecule has 4 rings (SSSR count). The van der Waals surface area contributed by atoms with E-state index in [-0.39, 0.29) is 11.9 Å². The van der Waals surface area contributed by atoms with E-state index in [1.807, 2.05) is 91.1 Å². The topological polar surface area (TPSA) is 41.5 Å². The van der Waals surface area contributed by atoms with E-state index in [0.29, 0.717) is 5.56 Å². The Kier molecular flexibility index (Phi) is 9.11. The summed E-state index contributed by atoms with van der Waals surface area (Å²) in [4.78, 5) is 18.3. The third-order valence-corrected chi connectivity index (χ3v) is 7.52. The Morgan fingerprint density at radius 3 is 1.57 bits per heavy atom. The maximum Gasteiger partial charge on any atom is 0.251 e. The molecule has 0 bridgehead atoms. The summed E-state index contributed by atoms with van der Waals surface area (Å²) in [6, 6.07) is 30.6. The lowest BCUT2D eigenvalue weighted by Gasteiger charge is -2.27. The number of nitrogens with zero attached hydrogens (tertiary/aromatic N) is 1. The molecule has 0 aliphatic carbocycles. The van der Waals surface area contributed by atoms with Gasteiger partial charge in [0, 0.05) is 29.7 Å². The Hall–Kier alpha value is -2.06. The van der Waals surface area contributed by atoms with Gasteiger partial charge in [-0.3, -0.25) is 9.79 Å². The van der Waals surface area contributed by atoms with Crippen LogP contribution in [0, 0.1) is 0 Å². The van der Waals surface area contributed by atoms with Gasteiger partial charge >= 0.3 is 0 Å². The molecule has 0 fully saturated rings. The van der Waals surface area contributed by atoms with E-state index in [9.17, 15) is 4.79 Å². The molecular formula is C28H20Br4N2O. The SMILES string of the molecule is O=C(N[C@H](c1ccc(Br)cc1)[C@H](N=Cc1ccc(Br)cc1)c1ccc(Br)cc1)c1ccc(Br)cc1. The number of carbonyl (C=O) groups excluding carboxylic acids is 1. The highest BCUT2D eigenvalue weighted by Crippen LogP contribution is 2.34. The zero-order chi connectivity index (χ0) is 24.8. The zero-order valence-corrected chi connectivity index (χ0v) is 24.7. The van der Waals surface area contributed by atoms with Gasteiger partial charge in [-0.25, -0.2) is 0 Å². The maximum atomic E-state index is 13.3. The lowest BCUT2D eigenvalue weighted by molar-refractivity contribution is 0.0930. The first-order valence-electron chi connectivity index (χ1n) is 10.7. The minimum Gasteiger partial charge on any atom is -0.343 e. The molecule has 2 atom stereocenters. The molecule has 3 nitrogen and oxygen atoms in total. The third-order valence-electron chi connectivity index (χ3n) is 5.40. The van der Waals surface area contributed by atoms with Crippen molar-refractivity contribution in [3.05, 3.63) is 137 Å². The highest BCUT2D eigenvalue weighted by molar-refractivity contribution is 9.11. The van der Waals surface area contributed by atoms with E-state index in [2.05, 4.69) is 69.0 Å². The Morgan fingerprint density at radius 2 is 1.06 bits per heavy atom. The lowest BCUT2D eigenvalue weighted by Crippen LogP contribution is -2.32. The largest absolute Gasteiger partial charge is 0.343 e. The molecule has 0 saturated heterocycles. The van der Waals surface area contributed by atoms with Crippen LogP contribution in [0.15, 0.2) is 120 Å². The van der Waals surface area contributed by atoms with Gasteiger partial charge in [0.15, 0.2) is 0 Å². The van der Waals surface area contributed by atoms with Crippen LogP contribution in [0.4, 0.5) is 0 Å². The predicted octanol–water partition coefficient (Wildman–Crippen LogP) is 9.07. The van der Waals surface area contributed by atoms with E-state index < -0.39 is 6.04 Å². The molecule has 0 spiro atoms. The molecule has 0 heterocycles. The Morgan fingerprint density at radius 1 is 0.629 bits per heavy atom. The summed E-state index contributed by atoms with van der Waals surface area (Å²) in [6.07, 6.45) is 1.86. The van der Waals surface area contributed by atoms with Crippen molar-refractivity contribution in [3.8, 4) is 0 Å². The van der Waals surface area contributed by atoms with E-state index in [4.69, 9.17) is 4.99 Å². The highest BCUT2D eigenvalue weighted by Gasteiger charge is 2.26. The third kappa shape index (κ3) is 7.23. The smallest absolute Gasteiger partial charge is 0.251 e. The summed E-state index contributed by atoms with van der Waals surface area (Å²) in [5.41, 5.74) is 3.51. The molecule has 7 heteroatoms. The summed E-state index contributed by atoms with van der Waals surface area (Å²) in [6.45, 7) is 0. The number of rotatable bonds is 7. The van der Waals surface area contributed by atoms with Crippen LogP contribution in [-0.2, 0) is 0 Å². The van der Waals surface area contributed by atoms with Crippen LogP contribution in [0.25, 0.3) is 0 Å². The molecule has 0 unspecified atom stereocenters. The van der Waals surface area contributed by atoms with Gasteiger partial charge in [0.05, 0.1) is 12.1 Å². The molecule has 4 aromatic carbocycles. The van der Waals surface area contributed by atoms with Gasteiger partial charge in [-0.05, 0) is 77.4 Å². The van der Waals surface area contributed by atoms with Gasteiger partial charge < -0.3 is 5.32 Å². The van der Waals surface area contributed by atoms with Crippen molar-refractivity contribution in [3.63, 3.8) is 0 Å². The number of aliphatic imine (C=N–C) groups is 1. The van der Waals surface area contributed by atoms with E-state index >= 15 is 0 Å². The van der Waals surface area contributed by atoms with Crippen LogP contribution in [0.2, 0.25) is 0 Å². The molecule has 1 amide bonds. The van der Waals surface area contributed by atoms with Gasteiger partial charge in [-0.1, -0.05) is 100 Å². The first kappa shape index (κ1) is 26.0. The second-order valence-corrected chi connectivity index (χ2v) is 11.5. The average Bonchev–Trinajstić information content (AvgIpc) is 2.86. The van der Waals surface area contributed by atoms with E-state index in [1.165, 1.54) is 0 Å². The van der Waals surface area contributed by atoms with Crippen molar-refractivity contribution in [2.45, 2.75) is 12.1 Å². The summed E-state index contributed by atoms with van der Waals surface area (Å²) in [7, 11) is 0. The quantitative estimate of drug-likeness (QED) is 0.190. The van der Waals surface area contributed by atoms with Crippen molar-refractivity contribution < 1.29 is 4.79 Å². The Balaban J connectivity index is 1.76.